The zero-order valence-electron chi connectivity index (χ0n) is 15.8. The van der Waals surface area contributed by atoms with E-state index < -0.39 is 11.6 Å². The van der Waals surface area contributed by atoms with Crippen LogP contribution in [0.1, 0.15) is 22.8 Å². The van der Waals surface area contributed by atoms with Gasteiger partial charge in [-0.05, 0) is 23.6 Å². The molecule has 6 nitrogen and oxygen atoms in total. The van der Waals surface area contributed by atoms with Crippen molar-refractivity contribution in [3.63, 3.8) is 0 Å². The average molecular weight is 397 g/mol. The number of nitrogens with one attached hydrogen (secondary N) is 1. The van der Waals surface area contributed by atoms with Crippen LogP contribution in [0.25, 0.3) is 0 Å². The molecular formula is C21H21F2N5O. The van der Waals surface area contributed by atoms with E-state index in [9.17, 15) is 13.6 Å². The maximum Gasteiger partial charge on any atom is 0.317 e. The van der Waals surface area contributed by atoms with Crippen molar-refractivity contribution in [2.75, 3.05) is 13.1 Å². The molecule has 0 radical (unpaired) electrons. The van der Waals surface area contributed by atoms with E-state index >= 15 is 0 Å². The Hall–Kier alpha value is -3.29. The van der Waals surface area contributed by atoms with E-state index in [1.54, 1.807) is 4.90 Å². The second-order valence-corrected chi connectivity index (χ2v) is 6.96. The van der Waals surface area contributed by atoms with E-state index in [2.05, 4.69) is 15.5 Å². The molecular weight excluding hydrogens is 376 g/mol. The van der Waals surface area contributed by atoms with Crippen molar-refractivity contribution in [2.24, 2.45) is 0 Å². The summed E-state index contributed by atoms with van der Waals surface area (Å²) in [6, 6.07) is 13.9. The molecule has 0 bridgehead atoms. The maximum absolute atomic E-state index is 13.9. The van der Waals surface area contributed by atoms with Gasteiger partial charge in [-0.1, -0.05) is 42.5 Å². The van der Waals surface area contributed by atoms with Gasteiger partial charge in [-0.25, -0.2) is 13.6 Å². The van der Waals surface area contributed by atoms with Gasteiger partial charge in [-0.15, -0.1) is 10.2 Å². The normalized spacial score (nSPS) is 13.2. The van der Waals surface area contributed by atoms with Crippen LogP contribution in [0.4, 0.5) is 13.6 Å². The molecule has 4 rings (SSSR count). The molecule has 2 heterocycles. The lowest BCUT2D eigenvalue weighted by atomic mass is 10.1. The fourth-order valence-corrected chi connectivity index (χ4v) is 3.45. The number of rotatable bonds is 5. The smallest absolute Gasteiger partial charge is 0.317 e. The van der Waals surface area contributed by atoms with Gasteiger partial charge in [0.1, 0.15) is 5.82 Å². The molecule has 1 N–H and O–H groups in total. The first-order chi connectivity index (χ1) is 14.1. The third-order valence-electron chi connectivity index (χ3n) is 5.03. The molecule has 29 heavy (non-hydrogen) atoms. The second kappa shape index (κ2) is 8.38. The number of aromatic nitrogens is 3. The van der Waals surface area contributed by atoms with Gasteiger partial charge >= 0.3 is 6.03 Å². The Morgan fingerprint density at radius 3 is 2.69 bits per heavy atom. The van der Waals surface area contributed by atoms with Gasteiger partial charge in [0.25, 0.3) is 0 Å². The lowest BCUT2D eigenvalue weighted by Crippen LogP contribution is -2.45. The molecule has 2 aromatic carbocycles. The molecule has 1 aliphatic heterocycles. The molecule has 3 aromatic rings. The van der Waals surface area contributed by atoms with Crippen molar-refractivity contribution in [3.05, 3.63) is 82.9 Å². The lowest BCUT2D eigenvalue weighted by molar-refractivity contribution is 0.182. The average Bonchev–Trinajstić information content (AvgIpc) is 3.14. The molecule has 0 saturated heterocycles. The molecule has 1 aliphatic rings. The molecule has 0 atom stereocenters. The van der Waals surface area contributed by atoms with Crippen molar-refractivity contribution in [2.45, 2.75) is 25.9 Å². The molecule has 8 heteroatoms. The van der Waals surface area contributed by atoms with Crippen LogP contribution >= 0.6 is 0 Å². The van der Waals surface area contributed by atoms with E-state index in [-0.39, 0.29) is 18.0 Å². The van der Waals surface area contributed by atoms with E-state index in [1.807, 2.05) is 34.9 Å². The summed E-state index contributed by atoms with van der Waals surface area (Å²) in [7, 11) is 0. The van der Waals surface area contributed by atoms with Gasteiger partial charge < -0.3 is 14.8 Å². The molecule has 0 spiro atoms. The molecule has 150 valence electrons. The summed E-state index contributed by atoms with van der Waals surface area (Å²) in [4.78, 5) is 14.1. The highest BCUT2D eigenvalue weighted by Crippen LogP contribution is 2.18. The number of nitrogens with zero attached hydrogens (tertiary/aromatic N) is 4. The van der Waals surface area contributed by atoms with Gasteiger partial charge in [0.2, 0.25) is 0 Å². The van der Waals surface area contributed by atoms with Gasteiger partial charge in [0, 0.05) is 26.1 Å². The summed E-state index contributed by atoms with van der Waals surface area (Å²) in [5, 5.41) is 11.2. The highest BCUT2D eigenvalue weighted by Gasteiger charge is 2.24. The van der Waals surface area contributed by atoms with Crippen LogP contribution in [0.5, 0.6) is 0 Å². The largest absolute Gasteiger partial charge is 0.338 e. The zero-order chi connectivity index (χ0) is 20.2. The number of halogens is 2. The van der Waals surface area contributed by atoms with Gasteiger partial charge in [0.05, 0.1) is 6.54 Å². The van der Waals surface area contributed by atoms with Crippen LogP contribution in [0, 0.1) is 11.6 Å². The van der Waals surface area contributed by atoms with Crippen molar-refractivity contribution >= 4 is 6.03 Å². The lowest BCUT2D eigenvalue weighted by Gasteiger charge is -2.28. The van der Waals surface area contributed by atoms with Crippen molar-refractivity contribution in [3.8, 4) is 0 Å². The van der Waals surface area contributed by atoms with E-state index in [4.69, 9.17) is 0 Å². The van der Waals surface area contributed by atoms with Crippen LogP contribution in [0.3, 0.4) is 0 Å². The maximum atomic E-state index is 13.9. The minimum absolute atomic E-state index is 0.145. The third kappa shape index (κ3) is 4.26. The summed E-state index contributed by atoms with van der Waals surface area (Å²) in [5.41, 5.74) is 1.40. The fraction of sp³-hybridized carbons (Fsp3) is 0.286. The predicted molar refractivity (Wildman–Crippen MR) is 103 cm³/mol. The first-order valence-corrected chi connectivity index (χ1v) is 9.52. The molecule has 2 amide bonds. The quantitative estimate of drug-likeness (QED) is 0.720. The predicted octanol–water partition coefficient (Wildman–Crippen LogP) is 2.92. The number of carbonyl (C=O) groups excluding carboxylic acids is 1. The van der Waals surface area contributed by atoms with E-state index in [0.717, 1.165) is 12.5 Å². The van der Waals surface area contributed by atoms with Crippen LogP contribution in [0.2, 0.25) is 0 Å². The summed E-state index contributed by atoms with van der Waals surface area (Å²) < 4.78 is 29.2. The number of hydrogen-bond acceptors (Lipinski definition) is 3. The van der Waals surface area contributed by atoms with E-state index in [0.29, 0.717) is 37.8 Å². The highest BCUT2D eigenvalue weighted by atomic mass is 19.2. The number of amides is 2. The zero-order valence-corrected chi connectivity index (χ0v) is 15.8. The summed E-state index contributed by atoms with van der Waals surface area (Å²) in [6.07, 6.45) is 0.916. The number of carbonyl (C=O) groups is 1. The number of urea groups is 1. The monoisotopic (exact) mass is 397 g/mol. The number of benzene rings is 2. The van der Waals surface area contributed by atoms with Crippen LogP contribution in [-0.4, -0.2) is 38.8 Å². The molecule has 0 fully saturated rings. The van der Waals surface area contributed by atoms with Gasteiger partial charge in [-0.3, -0.25) is 0 Å². The summed E-state index contributed by atoms with van der Waals surface area (Å²) in [5.74, 6) is -0.533. The van der Waals surface area contributed by atoms with E-state index in [1.165, 1.54) is 17.7 Å². The van der Waals surface area contributed by atoms with Crippen molar-refractivity contribution < 1.29 is 13.6 Å². The number of hydrogen-bond donors (Lipinski definition) is 1. The Balaban J connectivity index is 1.36. The Morgan fingerprint density at radius 2 is 1.86 bits per heavy atom. The van der Waals surface area contributed by atoms with Crippen LogP contribution in [0.15, 0.2) is 48.5 Å². The topological polar surface area (TPSA) is 63.1 Å². The standard InChI is InChI=1S/C21H21F2N5O/c22-17-8-4-7-16(20(17)23)13-18-25-26-19-14-27(11-12-28(18)19)21(29)24-10-9-15-5-2-1-3-6-15/h1-8H,9-14H2,(H,24,29). The van der Waals surface area contributed by atoms with Gasteiger partial charge in [-0.2, -0.15) is 0 Å². The Kier molecular flexibility index (Phi) is 5.50. The second-order valence-electron chi connectivity index (χ2n) is 6.96. The summed E-state index contributed by atoms with van der Waals surface area (Å²) >= 11 is 0. The highest BCUT2D eigenvalue weighted by molar-refractivity contribution is 5.74. The minimum atomic E-state index is -0.876. The fourth-order valence-electron chi connectivity index (χ4n) is 3.45. The van der Waals surface area contributed by atoms with Crippen molar-refractivity contribution in [1.29, 1.82) is 0 Å². The molecule has 0 aliphatic carbocycles. The third-order valence-corrected chi connectivity index (χ3v) is 5.03. The SMILES string of the molecule is O=C(NCCc1ccccc1)N1CCn2c(Cc3cccc(F)c3F)nnc2C1. The number of fused-ring (bicyclic) bond motifs is 1. The van der Waals surface area contributed by atoms with Crippen LogP contribution < -0.4 is 5.32 Å². The first kappa shape index (κ1) is 19.0. The molecule has 0 unspecified atom stereocenters. The van der Waals surface area contributed by atoms with Crippen LogP contribution in [-0.2, 0) is 25.9 Å². The minimum Gasteiger partial charge on any atom is -0.338 e. The first-order valence-electron chi connectivity index (χ1n) is 9.52. The Labute approximate surface area is 167 Å². The Bertz CT molecular complexity index is 1010. The molecule has 1 aromatic heterocycles. The Morgan fingerprint density at radius 1 is 1.03 bits per heavy atom. The molecule has 0 saturated carbocycles. The summed E-state index contributed by atoms with van der Waals surface area (Å²) in [6.45, 7) is 1.90. The van der Waals surface area contributed by atoms with Gasteiger partial charge in [0.15, 0.2) is 17.5 Å². The van der Waals surface area contributed by atoms with Crippen molar-refractivity contribution in [1.82, 2.24) is 25.0 Å².